The number of aliphatic carboxylic acids is 1. The molecular weight excluding hydrogens is 296 g/mol. The zero-order valence-electron chi connectivity index (χ0n) is 12.5. The molecule has 0 radical (unpaired) electrons. The van der Waals surface area contributed by atoms with Gasteiger partial charge in [0.15, 0.2) is 0 Å². The number of hydrogen-bond donors (Lipinski definition) is 2. The van der Waals surface area contributed by atoms with Gasteiger partial charge in [-0.25, -0.2) is 0 Å². The second kappa shape index (κ2) is 7.69. The first-order valence-corrected chi connectivity index (χ1v) is 6.85. The van der Waals surface area contributed by atoms with Crippen molar-refractivity contribution in [2.45, 2.75) is 0 Å². The van der Waals surface area contributed by atoms with Gasteiger partial charge in [-0.05, 0) is 36.4 Å². The molecule has 0 spiro atoms. The Morgan fingerprint density at radius 1 is 1.09 bits per heavy atom. The molecule has 0 aliphatic rings. The Morgan fingerprint density at radius 2 is 1.74 bits per heavy atom. The van der Waals surface area contributed by atoms with Gasteiger partial charge in [-0.1, -0.05) is 23.4 Å². The molecule has 2 aromatic rings. The van der Waals surface area contributed by atoms with Crippen molar-refractivity contribution in [3.8, 4) is 0 Å². The number of hydrogen-bond acceptors (Lipinski definition) is 4. The van der Waals surface area contributed by atoms with E-state index in [4.69, 9.17) is 5.11 Å². The van der Waals surface area contributed by atoms with Gasteiger partial charge < -0.3 is 10.4 Å². The molecule has 0 bridgehead atoms. The molecule has 0 aliphatic heterocycles. The Labute approximate surface area is 133 Å². The van der Waals surface area contributed by atoms with Crippen molar-refractivity contribution >= 4 is 23.3 Å². The first kappa shape index (κ1) is 16.2. The van der Waals surface area contributed by atoms with Crippen molar-refractivity contribution in [3.05, 3.63) is 60.2 Å². The van der Waals surface area contributed by atoms with Gasteiger partial charge in [-0.3, -0.25) is 14.6 Å². The van der Waals surface area contributed by atoms with Crippen molar-refractivity contribution in [2.75, 3.05) is 18.9 Å². The van der Waals surface area contributed by atoms with Crippen molar-refractivity contribution in [1.82, 2.24) is 5.01 Å². The van der Waals surface area contributed by atoms with E-state index < -0.39 is 5.97 Å². The van der Waals surface area contributed by atoms with Gasteiger partial charge in [-0.15, -0.1) is 5.11 Å². The van der Waals surface area contributed by atoms with E-state index in [1.807, 2.05) is 6.07 Å². The molecule has 2 rings (SSSR count). The quantitative estimate of drug-likeness (QED) is 0.633. The van der Waals surface area contributed by atoms with Gasteiger partial charge in [0.25, 0.3) is 5.91 Å². The highest BCUT2D eigenvalue weighted by Crippen LogP contribution is 2.17. The van der Waals surface area contributed by atoms with E-state index in [1.54, 1.807) is 48.5 Å². The summed E-state index contributed by atoms with van der Waals surface area (Å²) >= 11 is 0. The Balaban J connectivity index is 1.96. The Morgan fingerprint density at radius 3 is 2.35 bits per heavy atom. The minimum Gasteiger partial charge on any atom is -0.480 e. The molecule has 7 heteroatoms. The van der Waals surface area contributed by atoms with E-state index >= 15 is 0 Å². The number of anilines is 1. The Bertz CT molecular complexity index is 699. The van der Waals surface area contributed by atoms with Crippen LogP contribution in [0.2, 0.25) is 0 Å². The van der Waals surface area contributed by atoms with Crippen LogP contribution in [0.3, 0.4) is 0 Å². The molecule has 2 N–H and O–H groups in total. The van der Waals surface area contributed by atoms with Crippen LogP contribution in [0.5, 0.6) is 0 Å². The number of nitrogens with zero attached hydrogens (tertiary/aromatic N) is 3. The third kappa shape index (κ3) is 5.24. The first-order chi connectivity index (χ1) is 11.0. The summed E-state index contributed by atoms with van der Waals surface area (Å²) in [6.07, 6.45) is 0. The molecule has 7 nitrogen and oxygen atoms in total. The van der Waals surface area contributed by atoms with Crippen LogP contribution in [-0.2, 0) is 4.79 Å². The van der Waals surface area contributed by atoms with Crippen molar-refractivity contribution in [3.63, 3.8) is 0 Å². The molecule has 0 unspecified atom stereocenters. The van der Waals surface area contributed by atoms with E-state index in [0.717, 1.165) is 0 Å². The van der Waals surface area contributed by atoms with Gasteiger partial charge in [0.2, 0.25) is 0 Å². The molecule has 2 aromatic carbocycles. The highest BCUT2D eigenvalue weighted by molar-refractivity contribution is 6.04. The maximum atomic E-state index is 12.0. The lowest BCUT2D eigenvalue weighted by Crippen LogP contribution is -2.19. The molecule has 0 saturated carbocycles. The van der Waals surface area contributed by atoms with E-state index in [2.05, 4.69) is 15.7 Å². The zero-order chi connectivity index (χ0) is 16.7. The highest BCUT2D eigenvalue weighted by Gasteiger charge is 2.05. The monoisotopic (exact) mass is 312 g/mol. The van der Waals surface area contributed by atoms with E-state index in [-0.39, 0.29) is 12.5 Å². The summed E-state index contributed by atoms with van der Waals surface area (Å²) in [5, 5.41) is 20.3. The molecule has 0 atom stereocenters. The number of benzene rings is 2. The second-order valence-electron chi connectivity index (χ2n) is 4.77. The lowest BCUT2D eigenvalue weighted by atomic mass is 10.2. The van der Waals surface area contributed by atoms with E-state index in [0.29, 0.717) is 16.9 Å². The number of likely N-dealkylation sites (N-methyl/N-ethyl adjacent to an activating group) is 1. The summed E-state index contributed by atoms with van der Waals surface area (Å²) in [5.74, 6) is -1.17. The van der Waals surface area contributed by atoms with Crippen LogP contribution in [0, 0.1) is 0 Å². The van der Waals surface area contributed by atoms with Crippen LogP contribution in [0.4, 0.5) is 11.4 Å². The predicted molar refractivity (Wildman–Crippen MR) is 85.6 cm³/mol. The van der Waals surface area contributed by atoms with Crippen molar-refractivity contribution in [1.29, 1.82) is 0 Å². The van der Waals surface area contributed by atoms with Crippen LogP contribution in [-0.4, -0.2) is 35.6 Å². The maximum Gasteiger partial charge on any atom is 0.324 e. The topological polar surface area (TPSA) is 94.4 Å². The number of carboxylic acids is 1. The predicted octanol–water partition coefficient (Wildman–Crippen LogP) is 2.95. The molecule has 0 aliphatic carbocycles. The normalized spacial score (nSPS) is 10.5. The summed E-state index contributed by atoms with van der Waals surface area (Å²) in [7, 11) is 1.52. The number of carboxylic acid groups (broad SMARTS) is 1. The molecule has 1 amide bonds. The summed E-state index contributed by atoms with van der Waals surface area (Å²) in [5.41, 5.74) is 1.77. The van der Waals surface area contributed by atoms with Crippen LogP contribution in [0.15, 0.2) is 64.9 Å². The molecule has 0 fully saturated rings. The van der Waals surface area contributed by atoms with Crippen LogP contribution < -0.4 is 5.32 Å². The van der Waals surface area contributed by atoms with Gasteiger partial charge in [0, 0.05) is 18.3 Å². The number of nitrogens with one attached hydrogen (secondary N) is 1. The van der Waals surface area contributed by atoms with Gasteiger partial charge in [-0.2, -0.15) is 0 Å². The molecule has 0 heterocycles. The number of carbonyl (C=O) groups is 2. The van der Waals surface area contributed by atoms with Crippen LogP contribution >= 0.6 is 0 Å². The molecule has 118 valence electrons. The minimum atomic E-state index is -0.981. The van der Waals surface area contributed by atoms with Crippen LogP contribution in [0.1, 0.15) is 10.4 Å². The molecule has 23 heavy (non-hydrogen) atoms. The van der Waals surface area contributed by atoms with E-state index in [9.17, 15) is 9.59 Å². The summed E-state index contributed by atoms with van der Waals surface area (Å²) in [6.45, 7) is -0.227. The summed E-state index contributed by atoms with van der Waals surface area (Å²) in [4.78, 5) is 22.5. The Kier molecular flexibility index (Phi) is 5.40. The highest BCUT2D eigenvalue weighted by atomic mass is 16.4. The SMILES string of the molecule is CN(CC(=O)O)/N=N/c1ccc(NC(=O)c2ccccc2)cc1. The smallest absolute Gasteiger partial charge is 0.324 e. The number of carbonyl (C=O) groups excluding carboxylic acids is 1. The molecule has 0 saturated heterocycles. The first-order valence-electron chi connectivity index (χ1n) is 6.85. The van der Waals surface area contributed by atoms with Crippen LogP contribution in [0.25, 0.3) is 0 Å². The molecular formula is C16H16N4O3. The van der Waals surface area contributed by atoms with Crippen molar-refractivity contribution in [2.24, 2.45) is 10.3 Å². The average molecular weight is 312 g/mol. The second-order valence-corrected chi connectivity index (χ2v) is 4.77. The maximum absolute atomic E-state index is 12.0. The lowest BCUT2D eigenvalue weighted by molar-refractivity contribution is -0.138. The van der Waals surface area contributed by atoms with Gasteiger partial charge >= 0.3 is 5.97 Å². The third-order valence-electron chi connectivity index (χ3n) is 2.84. The molecule has 0 aromatic heterocycles. The largest absolute Gasteiger partial charge is 0.480 e. The number of amides is 1. The lowest BCUT2D eigenvalue weighted by Gasteiger charge is -2.07. The zero-order valence-corrected chi connectivity index (χ0v) is 12.5. The fourth-order valence-electron chi connectivity index (χ4n) is 1.76. The fourth-order valence-corrected chi connectivity index (χ4v) is 1.76. The average Bonchev–Trinajstić information content (AvgIpc) is 2.54. The summed E-state index contributed by atoms with van der Waals surface area (Å²) in [6, 6.07) is 15.7. The minimum absolute atomic E-state index is 0.193. The third-order valence-corrected chi connectivity index (χ3v) is 2.84. The van der Waals surface area contributed by atoms with E-state index in [1.165, 1.54) is 12.1 Å². The van der Waals surface area contributed by atoms with Gasteiger partial charge in [0.05, 0.1) is 5.69 Å². The fraction of sp³-hybridized carbons (Fsp3) is 0.125. The van der Waals surface area contributed by atoms with Crippen molar-refractivity contribution < 1.29 is 14.7 Å². The Hall–Kier alpha value is -3.22. The summed E-state index contributed by atoms with van der Waals surface area (Å²) < 4.78 is 0. The number of rotatable bonds is 6. The van der Waals surface area contributed by atoms with Gasteiger partial charge in [0.1, 0.15) is 6.54 Å². The standard InChI is InChI=1S/C16H16N4O3/c1-20(11-15(21)22)19-18-14-9-7-13(8-10-14)17-16(23)12-5-3-2-4-6-12/h2-10H,11H2,1H3,(H,17,23)(H,21,22)/b19-18+.